The molecule has 1 aliphatic heterocycles. The van der Waals surface area contributed by atoms with Crippen molar-refractivity contribution in [3.63, 3.8) is 0 Å². The Morgan fingerprint density at radius 2 is 1.33 bits per heavy atom. The van der Waals surface area contributed by atoms with Crippen LogP contribution in [-0.2, 0) is 82.7 Å². The van der Waals surface area contributed by atoms with Gasteiger partial charge in [-0.1, -0.05) is 30.3 Å². The van der Waals surface area contributed by atoms with Gasteiger partial charge >= 0.3 is 41.8 Å². The number of esters is 7. The van der Waals surface area contributed by atoms with Gasteiger partial charge in [-0.3, -0.25) is 38.4 Å². The fourth-order valence-corrected chi connectivity index (χ4v) is 5.16. The van der Waals surface area contributed by atoms with E-state index in [1.54, 1.807) is 30.3 Å². The van der Waals surface area contributed by atoms with Crippen LogP contribution in [0.2, 0.25) is 0 Å². The van der Waals surface area contributed by atoms with Crippen molar-refractivity contribution >= 4 is 47.7 Å². The predicted molar refractivity (Wildman–Crippen MR) is 171 cm³/mol. The molecule has 0 radical (unpaired) electrons. The highest BCUT2D eigenvalue weighted by atomic mass is 16.7. The number of carbonyl (C=O) groups excluding carboxylic acids is 8. The lowest BCUT2D eigenvalue weighted by Crippen LogP contribution is -2.71. The Morgan fingerprint density at radius 1 is 0.788 bits per heavy atom. The maximum absolute atomic E-state index is 14.1. The zero-order valence-corrected chi connectivity index (χ0v) is 28.2. The Bertz CT molecular complexity index is 1580. The summed E-state index contributed by atoms with van der Waals surface area (Å²) in [6.45, 7) is -5.39. The lowest BCUT2D eigenvalue weighted by atomic mass is 9.86. The molecule has 9 atom stereocenters. The van der Waals surface area contributed by atoms with Crippen LogP contribution in [-0.4, -0.2) is 121 Å². The Balaban J connectivity index is 2.71. The largest absolute Gasteiger partial charge is 0.462 e. The van der Waals surface area contributed by atoms with E-state index < -0.39 is 150 Å². The first-order chi connectivity index (χ1) is 26.9. The molecule has 0 spiro atoms. The number of carbonyl (C=O) groups is 8. The topological polar surface area (TPSA) is 269 Å². The first kappa shape index (κ1) is 35.3. The maximum atomic E-state index is 14.1. The quantitative estimate of drug-likeness (QED) is 0.134. The van der Waals surface area contributed by atoms with Gasteiger partial charge in [0, 0.05) is 68.2 Å². The molecule has 0 bridgehead atoms. The normalized spacial score (nSPS) is 24.5. The number of hydrogen-bond donors (Lipinski definition) is 3. The second-order valence-electron chi connectivity index (χ2n) is 11.1. The Morgan fingerprint density at radius 3 is 1.90 bits per heavy atom. The van der Waals surface area contributed by atoms with Gasteiger partial charge < -0.3 is 54.1 Å². The molecule has 1 fully saturated rings. The summed E-state index contributed by atoms with van der Waals surface area (Å²) in [5, 5.41) is 14.0. The van der Waals surface area contributed by atoms with Crippen LogP contribution in [0.5, 0.6) is 0 Å². The molecule has 0 saturated carbocycles. The molecule has 0 aliphatic carbocycles. The molecule has 1 aromatic rings. The highest BCUT2D eigenvalue weighted by Gasteiger charge is 2.56. The van der Waals surface area contributed by atoms with E-state index in [1.165, 1.54) is 0 Å². The van der Waals surface area contributed by atoms with E-state index in [9.17, 15) is 43.5 Å². The number of amides is 1. The SMILES string of the molecule is [2H]CC(=O)OC[C@@H](OC(=O)C[2H])[C@@H](OC(=O)C[2H])[C@H](OC(=O)C[2H])[C@@H](OC(=O)C[2H])C(=O)NC[C@H]1O[C@@](O)(Cc2ccccc2)[C@H](N)[C@@H](OC(C)=O)[C@@H]1OC(C)=O. The Kier molecular flexibility index (Phi) is 13.2. The highest BCUT2D eigenvalue weighted by Crippen LogP contribution is 2.33. The minimum absolute atomic E-state index is 0.328. The molecule has 1 heterocycles. The van der Waals surface area contributed by atoms with E-state index in [0.717, 1.165) is 13.8 Å². The van der Waals surface area contributed by atoms with E-state index in [-0.39, 0.29) is 6.42 Å². The summed E-state index contributed by atoms with van der Waals surface area (Å²) in [5.74, 6) is -12.6. The first-order valence-corrected chi connectivity index (χ1v) is 15.1. The molecule has 19 heteroatoms. The number of nitrogens with two attached hydrogens (primary N) is 1. The number of benzene rings is 1. The van der Waals surface area contributed by atoms with Gasteiger partial charge in [-0.25, -0.2) is 0 Å². The molecular formula is C33H44N2O17. The zero-order chi connectivity index (χ0) is 42.9. The third-order valence-electron chi connectivity index (χ3n) is 7.03. The Labute approximate surface area is 305 Å². The van der Waals surface area contributed by atoms with Crippen LogP contribution in [0.25, 0.3) is 0 Å². The van der Waals surface area contributed by atoms with Crippen LogP contribution in [0, 0.1) is 0 Å². The van der Waals surface area contributed by atoms with Gasteiger partial charge in [0.1, 0.15) is 18.8 Å². The zero-order valence-electron chi connectivity index (χ0n) is 33.2. The van der Waals surface area contributed by atoms with Gasteiger partial charge in [-0.15, -0.1) is 0 Å². The first-order valence-electron chi connectivity index (χ1n) is 18.7. The molecule has 0 unspecified atom stereocenters. The molecule has 4 N–H and O–H groups in total. The van der Waals surface area contributed by atoms with Crippen molar-refractivity contribution in [2.45, 2.75) is 109 Å². The summed E-state index contributed by atoms with van der Waals surface area (Å²) < 4.78 is 79.1. The lowest BCUT2D eigenvalue weighted by molar-refractivity contribution is -0.310. The van der Waals surface area contributed by atoms with E-state index in [2.05, 4.69) is 5.32 Å². The molecule has 2 rings (SSSR count). The summed E-state index contributed by atoms with van der Waals surface area (Å²) >= 11 is 0. The van der Waals surface area contributed by atoms with Crippen LogP contribution in [0.1, 0.15) is 60.8 Å². The van der Waals surface area contributed by atoms with Gasteiger partial charge in [-0.05, 0) is 5.56 Å². The number of nitrogens with one attached hydrogen (secondary N) is 1. The fourth-order valence-electron chi connectivity index (χ4n) is 5.16. The van der Waals surface area contributed by atoms with Crippen molar-refractivity contribution in [2.75, 3.05) is 13.2 Å². The minimum Gasteiger partial charge on any atom is -0.462 e. The molecule has 288 valence electrons. The fraction of sp³-hybridized carbons (Fsp3) is 0.576. The average molecular weight is 746 g/mol. The molecular weight excluding hydrogens is 696 g/mol. The van der Waals surface area contributed by atoms with Crippen LogP contribution >= 0.6 is 0 Å². The molecule has 1 amide bonds. The van der Waals surface area contributed by atoms with Crippen molar-refractivity contribution in [3.05, 3.63) is 35.9 Å². The summed E-state index contributed by atoms with van der Waals surface area (Å²) in [5.41, 5.74) is 6.83. The number of aliphatic hydroxyl groups is 1. The monoisotopic (exact) mass is 745 g/mol. The second kappa shape index (κ2) is 19.5. The molecule has 1 aromatic carbocycles. The lowest BCUT2D eigenvalue weighted by Gasteiger charge is -2.48. The molecule has 19 nitrogen and oxygen atoms in total. The maximum Gasteiger partial charge on any atom is 0.303 e. The van der Waals surface area contributed by atoms with Gasteiger partial charge in [0.15, 0.2) is 36.3 Å². The molecule has 0 aromatic heterocycles. The van der Waals surface area contributed by atoms with E-state index >= 15 is 0 Å². The number of rotatable bonds is 16. The number of hydrogen-bond acceptors (Lipinski definition) is 18. The third-order valence-corrected chi connectivity index (χ3v) is 7.03. The third kappa shape index (κ3) is 13.2. The smallest absolute Gasteiger partial charge is 0.303 e. The molecule has 1 aliphatic rings. The van der Waals surface area contributed by atoms with Crippen molar-refractivity contribution in [2.24, 2.45) is 5.73 Å². The Hall–Kier alpha value is -5.14. The highest BCUT2D eigenvalue weighted by molar-refractivity contribution is 5.84. The summed E-state index contributed by atoms with van der Waals surface area (Å²) in [6, 6.07) is 6.63. The van der Waals surface area contributed by atoms with E-state index in [0.29, 0.717) is 5.56 Å². The van der Waals surface area contributed by atoms with Crippen LogP contribution in [0.3, 0.4) is 0 Å². The minimum atomic E-state index is -2.50. The summed E-state index contributed by atoms with van der Waals surface area (Å²) in [4.78, 5) is 100. The van der Waals surface area contributed by atoms with Gasteiger partial charge in [0.05, 0.1) is 0 Å². The van der Waals surface area contributed by atoms with Crippen molar-refractivity contribution in [1.29, 1.82) is 0 Å². The summed E-state index contributed by atoms with van der Waals surface area (Å²) in [7, 11) is 0. The number of ether oxygens (including phenoxy) is 8. The van der Waals surface area contributed by atoms with Crippen molar-refractivity contribution in [1.82, 2.24) is 5.32 Å². The summed E-state index contributed by atoms with van der Waals surface area (Å²) in [6.07, 6.45) is -14.5. The van der Waals surface area contributed by atoms with Crippen LogP contribution in [0.4, 0.5) is 0 Å². The van der Waals surface area contributed by atoms with Crippen LogP contribution in [0.15, 0.2) is 30.3 Å². The van der Waals surface area contributed by atoms with Crippen LogP contribution < -0.4 is 11.1 Å². The second-order valence-corrected chi connectivity index (χ2v) is 11.1. The standard InChI is InChI=1S/C33H44N2O17/c1-16(36)45-15-25(46-17(2)37)27(48-19(4)39)28(49-20(5)40)30(51-22(7)42)32(43)35-14-24-26(47-18(3)38)29(50-21(6)41)31(34)33(44,52-24)13-23-11-9-8-10-12-23/h8-12,24-31,44H,13-15,34H2,1-7H3,(H,35,43)/t24-,25-,26-,27-,28+,29+,30-,31-,33+/m1/s1/i1D,2D,4D,5D,7D. The van der Waals surface area contributed by atoms with Gasteiger partial charge in [-0.2, -0.15) is 0 Å². The van der Waals surface area contributed by atoms with Gasteiger partial charge in [0.2, 0.25) is 6.10 Å². The van der Waals surface area contributed by atoms with Crippen molar-refractivity contribution < 1.29 is 88.2 Å². The van der Waals surface area contributed by atoms with Gasteiger partial charge in [0.25, 0.3) is 5.91 Å². The predicted octanol–water partition coefficient (Wildman–Crippen LogP) is -1.09. The van der Waals surface area contributed by atoms with E-state index in [4.69, 9.17) is 50.5 Å². The average Bonchev–Trinajstić information content (AvgIpc) is 3.18. The molecule has 1 saturated heterocycles. The molecule has 52 heavy (non-hydrogen) atoms. The van der Waals surface area contributed by atoms with Crippen molar-refractivity contribution in [3.8, 4) is 0 Å². The van der Waals surface area contributed by atoms with E-state index in [1.807, 2.05) is 0 Å².